The molecule has 1 amide bonds. The Morgan fingerprint density at radius 1 is 1.67 bits per heavy atom. The Kier molecular flexibility index (Phi) is 6.14. The molecule has 2 atom stereocenters. The van der Waals surface area contributed by atoms with Crippen molar-refractivity contribution in [2.45, 2.75) is 26.1 Å². The summed E-state index contributed by atoms with van der Waals surface area (Å²) in [5, 5.41) is 5.60. The van der Waals surface area contributed by atoms with Gasteiger partial charge in [-0.2, -0.15) is 12.6 Å². The van der Waals surface area contributed by atoms with Gasteiger partial charge in [0.15, 0.2) is 0 Å². The maximum atomic E-state index is 11.2. The van der Waals surface area contributed by atoms with Crippen molar-refractivity contribution >= 4 is 18.5 Å². The fraction of sp³-hybridized carbons (Fsp3) is 0.857. The van der Waals surface area contributed by atoms with Crippen molar-refractivity contribution in [3.05, 3.63) is 0 Å². The number of likely N-dealkylation sites (N-methyl/N-ethyl adjacent to an activating group) is 1. The summed E-state index contributed by atoms with van der Waals surface area (Å²) >= 11 is 4.04. The van der Waals surface area contributed by atoms with Crippen molar-refractivity contribution in [3.8, 4) is 0 Å². The van der Waals surface area contributed by atoms with E-state index in [0.717, 1.165) is 0 Å². The minimum Gasteiger partial charge on any atom is -0.355 e. The van der Waals surface area contributed by atoms with Gasteiger partial charge in [0.2, 0.25) is 5.91 Å². The van der Waals surface area contributed by atoms with Crippen LogP contribution < -0.4 is 16.4 Å². The average Bonchev–Trinajstić information content (AvgIpc) is 2.00. The van der Waals surface area contributed by atoms with Crippen molar-refractivity contribution < 1.29 is 4.79 Å². The van der Waals surface area contributed by atoms with Crippen LogP contribution in [0.1, 0.15) is 13.8 Å². The lowest BCUT2D eigenvalue weighted by Crippen LogP contribution is -2.51. The molecule has 0 rings (SSSR count). The normalized spacial score (nSPS) is 15.3. The summed E-state index contributed by atoms with van der Waals surface area (Å²) in [6, 6.07) is -0.298. The summed E-state index contributed by atoms with van der Waals surface area (Å²) in [6.45, 7) is 4.29. The van der Waals surface area contributed by atoms with E-state index in [-0.39, 0.29) is 18.1 Å². The second-order valence-electron chi connectivity index (χ2n) is 2.59. The minimum absolute atomic E-state index is 0.0511. The van der Waals surface area contributed by atoms with Crippen LogP contribution in [-0.2, 0) is 4.79 Å². The molecule has 0 fully saturated rings. The Balaban J connectivity index is 3.87. The predicted molar refractivity (Wildman–Crippen MR) is 53.1 cm³/mol. The van der Waals surface area contributed by atoms with Crippen molar-refractivity contribution in [2.75, 3.05) is 12.3 Å². The van der Waals surface area contributed by atoms with E-state index in [2.05, 4.69) is 23.3 Å². The van der Waals surface area contributed by atoms with Gasteiger partial charge in [0.05, 0.1) is 12.2 Å². The number of thiol groups is 1. The average molecular weight is 191 g/mol. The van der Waals surface area contributed by atoms with Crippen LogP contribution >= 0.6 is 12.6 Å². The maximum absolute atomic E-state index is 11.2. The topological polar surface area (TPSA) is 67.2 Å². The van der Waals surface area contributed by atoms with Crippen LogP contribution in [0.15, 0.2) is 0 Å². The second-order valence-corrected chi connectivity index (χ2v) is 2.95. The number of carbonyl (C=O) groups is 1. The van der Waals surface area contributed by atoms with Crippen LogP contribution in [0.4, 0.5) is 0 Å². The van der Waals surface area contributed by atoms with Gasteiger partial charge in [-0.05, 0) is 13.8 Å². The number of amides is 1. The summed E-state index contributed by atoms with van der Waals surface area (Å²) < 4.78 is 0. The highest BCUT2D eigenvalue weighted by Crippen LogP contribution is 1.89. The molecule has 0 saturated carbocycles. The van der Waals surface area contributed by atoms with Crippen molar-refractivity contribution in [1.29, 1.82) is 0 Å². The van der Waals surface area contributed by atoms with Gasteiger partial charge >= 0.3 is 0 Å². The van der Waals surface area contributed by atoms with Crippen LogP contribution in [-0.4, -0.2) is 30.4 Å². The van der Waals surface area contributed by atoms with Gasteiger partial charge in [0.1, 0.15) is 0 Å². The summed E-state index contributed by atoms with van der Waals surface area (Å²) in [7, 11) is 0. The molecule has 0 heterocycles. The Morgan fingerprint density at radius 3 is 2.58 bits per heavy atom. The van der Waals surface area contributed by atoms with Gasteiger partial charge in [-0.15, -0.1) is 0 Å². The first-order chi connectivity index (χ1) is 5.61. The number of hydrogen-bond acceptors (Lipinski definition) is 4. The van der Waals surface area contributed by atoms with E-state index < -0.39 is 0 Å². The van der Waals surface area contributed by atoms with Crippen LogP contribution in [0.25, 0.3) is 0 Å². The zero-order valence-corrected chi connectivity index (χ0v) is 8.40. The van der Waals surface area contributed by atoms with Gasteiger partial charge in [0.25, 0.3) is 0 Å². The Hall–Kier alpha value is -0.260. The molecule has 4 N–H and O–H groups in total. The first kappa shape index (κ1) is 11.7. The molecule has 72 valence electrons. The molecule has 0 aliphatic rings. The van der Waals surface area contributed by atoms with Gasteiger partial charge in [0, 0.05) is 12.3 Å². The van der Waals surface area contributed by atoms with Crippen LogP contribution in [0.3, 0.4) is 0 Å². The van der Waals surface area contributed by atoms with Gasteiger partial charge < -0.3 is 11.1 Å². The molecule has 0 aliphatic carbocycles. The number of rotatable bonds is 5. The number of carbonyl (C=O) groups excluding carboxylic acids is 1. The number of hydrogen-bond donors (Lipinski definition) is 4. The summed E-state index contributed by atoms with van der Waals surface area (Å²) in [6.07, 6.45) is -0.190. The SMILES string of the molecule is CCNC(=O)C(CS)NC(C)N. The highest BCUT2D eigenvalue weighted by molar-refractivity contribution is 7.80. The van der Waals surface area contributed by atoms with E-state index in [9.17, 15) is 4.79 Å². The van der Waals surface area contributed by atoms with Gasteiger partial charge in [-0.25, -0.2) is 0 Å². The molecule has 5 heteroatoms. The van der Waals surface area contributed by atoms with Crippen molar-refractivity contribution in [1.82, 2.24) is 10.6 Å². The molecule has 4 nitrogen and oxygen atoms in total. The first-order valence-corrected chi connectivity index (χ1v) is 4.65. The lowest BCUT2D eigenvalue weighted by molar-refractivity contribution is -0.122. The van der Waals surface area contributed by atoms with E-state index in [1.165, 1.54) is 0 Å². The highest BCUT2D eigenvalue weighted by Gasteiger charge is 2.15. The third-order valence-corrected chi connectivity index (χ3v) is 1.68. The van der Waals surface area contributed by atoms with E-state index in [0.29, 0.717) is 12.3 Å². The lowest BCUT2D eigenvalue weighted by atomic mass is 10.3. The van der Waals surface area contributed by atoms with E-state index >= 15 is 0 Å². The molecule has 0 aromatic rings. The predicted octanol–water partition coefficient (Wildman–Crippen LogP) is -0.685. The third-order valence-electron chi connectivity index (χ3n) is 1.31. The number of nitrogens with one attached hydrogen (secondary N) is 2. The standard InChI is InChI=1S/C7H17N3OS/c1-3-9-7(11)6(4-12)10-5(2)8/h5-6,10,12H,3-4,8H2,1-2H3,(H,9,11). The quantitative estimate of drug-likeness (QED) is 0.344. The van der Waals surface area contributed by atoms with Gasteiger partial charge in [-0.1, -0.05) is 0 Å². The van der Waals surface area contributed by atoms with Crippen LogP contribution in [0, 0.1) is 0 Å². The molecule has 0 aromatic carbocycles. The summed E-state index contributed by atoms with van der Waals surface area (Å²) in [5.41, 5.74) is 5.48. The number of nitrogens with two attached hydrogens (primary N) is 1. The first-order valence-electron chi connectivity index (χ1n) is 4.02. The minimum atomic E-state index is -0.298. The molecule has 0 aromatic heterocycles. The third kappa shape index (κ3) is 4.58. The Morgan fingerprint density at radius 2 is 2.25 bits per heavy atom. The monoisotopic (exact) mass is 191 g/mol. The molecule has 0 radical (unpaired) electrons. The van der Waals surface area contributed by atoms with E-state index in [1.54, 1.807) is 6.92 Å². The molecular formula is C7H17N3OS. The summed E-state index contributed by atoms with van der Waals surface area (Å²) in [4.78, 5) is 11.2. The fourth-order valence-electron chi connectivity index (χ4n) is 0.826. The smallest absolute Gasteiger partial charge is 0.238 e. The highest BCUT2D eigenvalue weighted by atomic mass is 32.1. The van der Waals surface area contributed by atoms with E-state index in [4.69, 9.17) is 5.73 Å². The lowest BCUT2D eigenvalue weighted by Gasteiger charge is -2.17. The Labute approximate surface area is 78.7 Å². The van der Waals surface area contributed by atoms with Crippen LogP contribution in [0.5, 0.6) is 0 Å². The summed E-state index contributed by atoms with van der Waals surface area (Å²) in [5.74, 6) is 0.401. The molecule has 0 bridgehead atoms. The molecular weight excluding hydrogens is 174 g/mol. The molecule has 0 aliphatic heterocycles. The Bertz CT molecular complexity index is 141. The largest absolute Gasteiger partial charge is 0.355 e. The van der Waals surface area contributed by atoms with Gasteiger partial charge in [-0.3, -0.25) is 10.1 Å². The van der Waals surface area contributed by atoms with E-state index in [1.807, 2.05) is 6.92 Å². The molecule has 0 spiro atoms. The second kappa shape index (κ2) is 6.28. The van der Waals surface area contributed by atoms with Crippen LogP contribution in [0.2, 0.25) is 0 Å². The maximum Gasteiger partial charge on any atom is 0.238 e. The van der Waals surface area contributed by atoms with Crippen molar-refractivity contribution in [2.24, 2.45) is 5.73 Å². The van der Waals surface area contributed by atoms with Crippen molar-refractivity contribution in [3.63, 3.8) is 0 Å². The zero-order chi connectivity index (χ0) is 9.56. The molecule has 0 saturated heterocycles. The fourth-order valence-corrected chi connectivity index (χ4v) is 1.10. The molecule has 12 heavy (non-hydrogen) atoms. The zero-order valence-electron chi connectivity index (χ0n) is 7.50. The molecule has 2 unspecified atom stereocenters.